The van der Waals surface area contributed by atoms with Gasteiger partial charge in [0, 0.05) is 25.1 Å². The molecule has 0 saturated carbocycles. The Morgan fingerprint density at radius 3 is 2.26 bits per heavy atom. The van der Waals surface area contributed by atoms with Gasteiger partial charge in [-0.15, -0.1) is 0 Å². The Balaban J connectivity index is 2.07. The van der Waals surface area contributed by atoms with Crippen molar-refractivity contribution >= 4 is 27.5 Å². The van der Waals surface area contributed by atoms with Gasteiger partial charge in [-0.05, 0) is 30.2 Å². The molecule has 0 bridgehead atoms. The van der Waals surface area contributed by atoms with Gasteiger partial charge >= 0.3 is 0 Å². The molecular formula is C29H34FN3O5S. The van der Waals surface area contributed by atoms with Gasteiger partial charge < -0.3 is 15.0 Å². The van der Waals surface area contributed by atoms with Crippen LogP contribution >= 0.6 is 0 Å². The van der Waals surface area contributed by atoms with Crippen LogP contribution < -0.4 is 14.4 Å². The number of nitrogens with one attached hydrogen (secondary N) is 1. The Labute approximate surface area is 229 Å². The third kappa shape index (κ3) is 8.03. The SMILES string of the molecule is CCCNC(=O)[C@@H](Cc1ccccc1)N(Cc1ccccc1F)C(=O)CN(c1ccccc1OC)S(C)(=O)=O. The first kappa shape index (κ1) is 29.6. The molecule has 208 valence electrons. The highest BCUT2D eigenvalue weighted by Crippen LogP contribution is 2.30. The smallest absolute Gasteiger partial charge is 0.244 e. The molecule has 0 saturated heterocycles. The number of carbonyl (C=O) groups excluding carboxylic acids is 2. The van der Waals surface area contributed by atoms with Crippen molar-refractivity contribution in [2.75, 3.05) is 30.8 Å². The first-order valence-electron chi connectivity index (χ1n) is 12.6. The summed E-state index contributed by atoms with van der Waals surface area (Å²) < 4.78 is 46.8. The number of amides is 2. The van der Waals surface area contributed by atoms with E-state index < -0.39 is 40.2 Å². The van der Waals surface area contributed by atoms with Crippen molar-refractivity contribution in [3.8, 4) is 5.75 Å². The number of halogens is 1. The van der Waals surface area contributed by atoms with Gasteiger partial charge in [-0.1, -0.05) is 67.6 Å². The fraction of sp³-hybridized carbons (Fsp3) is 0.310. The fourth-order valence-corrected chi connectivity index (χ4v) is 5.01. The van der Waals surface area contributed by atoms with Crippen LogP contribution in [0.3, 0.4) is 0 Å². The van der Waals surface area contributed by atoms with Crippen LogP contribution in [0.2, 0.25) is 0 Å². The molecule has 1 atom stereocenters. The molecule has 3 aromatic rings. The molecule has 0 aromatic heterocycles. The summed E-state index contributed by atoms with van der Waals surface area (Å²) in [6.07, 6.45) is 1.83. The van der Waals surface area contributed by atoms with E-state index in [0.29, 0.717) is 13.0 Å². The van der Waals surface area contributed by atoms with E-state index in [2.05, 4.69) is 5.32 Å². The molecule has 3 aromatic carbocycles. The van der Waals surface area contributed by atoms with E-state index in [1.54, 1.807) is 24.3 Å². The number of rotatable bonds is 13. The summed E-state index contributed by atoms with van der Waals surface area (Å²) in [5.41, 5.74) is 1.18. The first-order chi connectivity index (χ1) is 18.7. The highest BCUT2D eigenvalue weighted by molar-refractivity contribution is 7.92. The van der Waals surface area contributed by atoms with E-state index >= 15 is 0 Å². The molecule has 1 N–H and O–H groups in total. The lowest BCUT2D eigenvalue weighted by molar-refractivity contribution is -0.140. The normalized spacial score (nSPS) is 11.9. The second kappa shape index (κ2) is 13.7. The van der Waals surface area contributed by atoms with Crippen molar-refractivity contribution in [1.82, 2.24) is 10.2 Å². The molecule has 0 aliphatic heterocycles. The zero-order valence-corrected chi connectivity index (χ0v) is 23.2. The fourth-order valence-electron chi connectivity index (χ4n) is 4.16. The largest absolute Gasteiger partial charge is 0.495 e. The van der Waals surface area contributed by atoms with Gasteiger partial charge in [0.2, 0.25) is 21.8 Å². The molecule has 0 spiro atoms. The Hall–Kier alpha value is -3.92. The Morgan fingerprint density at radius 1 is 0.974 bits per heavy atom. The van der Waals surface area contributed by atoms with Crippen LogP contribution in [0.4, 0.5) is 10.1 Å². The van der Waals surface area contributed by atoms with Crippen LogP contribution in [0.15, 0.2) is 78.9 Å². The minimum Gasteiger partial charge on any atom is -0.495 e. The highest BCUT2D eigenvalue weighted by Gasteiger charge is 2.34. The molecule has 0 heterocycles. The monoisotopic (exact) mass is 555 g/mol. The van der Waals surface area contributed by atoms with Crippen molar-refractivity contribution < 1.29 is 27.1 Å². The predicted molar refractivity (Wildman–Crippen MR) is 149 cm³/mol. The van der Waals surface area contributed by atoms with E-state index in [-0.39, 0.29) is 30.0 Å². The van der Waals surface area contributed by atoms with Gasteiger partial charge in [-0.25, -0.2) is 12.8 Å². The van der Waals surface area contributed by atoms with Crippen molar-refractivity contribution in [2.24, 2.45) is 0 Å². The Kier molecular flexibility index (Phi) is 10.4. The zero-order valence-electron chi connectivity index (χ0n) is 22.3. The lowest BCUT2D eigenvalue weighted by atomic mass is 10.0. The number of nitrogens with zero attached hydrogens (tertiary/aromatic N) is 2. The summed E-state index contributed by atoms with van der Waals surface area (Å²) in [6, 6.07) is 20.6. The number of hydrogen-bond donors (Lipinski definition) is 1. The molecule has 10 heteroatoms. The molecule has 8 nitrogen and oxygen atoms in total. The average molecular weight is 556 g/mol. The predicted octanol–water partition coefficient (Wildman–Crippen LogP) is 3.77. The summed E-state index contributed by atoms with van der Waals surface area (Å²) >= 11 is 0. The third-order valence-corrected chi connectivity index (χ3v) is 7.28. The summed E-state index contributed by atoms with van der Waals surface area (Å²) in [5, 5.41) is 2.84. The summed E-state index contributed by atoms with van der Waals surface area (Å²) in [7, 11) is -2.55. The van der Waals surface area contributed by atoms with Gasteiger partial charge in [0.05, 0.1) is 19.1 Å². The number of ether oxygens (including phenoxy) is 1. The van der Waals surface area contributed by atoms with Crippen LogP contribution in [-0.2, 0) is 32.6 Å². The topological polar surface area (TPSA) is 96.0 Å². The van der Waals surface area contributed by atoms with Crippen LogP contribution in [0.1, 0.15) is 24.5 Å². The summed E-state index contributed by atoms with van der Waals surface area (Å²) in [5.74, 6) is -1.35. The van der Waals surface area contributed by atoms with Crippen molar-refractivity contribution in [2.45, 2.75) is 32.4 Å². The second-order valence-electron chi connectivity index (χ2n) is 9.05. The molecule has 0 aliphatic rings. The molecular weight excluding hydrogens is 521 g/mol. The van der Waals surface area contributed by atoms with Gasteiger partial charge in [-0.2, -0.15) is 0 Å². The zero-order chi connectivity index (χ0) is 28.4. The van der Waals surface area contributed by atoms with Crippen molar-refractivity contribution in [1.29, 1.82) is 0 Å². The van der Waals surface area contributed by atoms with Crippen molar-refractivity contribution in [3.63, 3.8) is 0 Å². The van der Waals surface area contributed by atoms with E-state index in [9.17, 15) is 22.4 Å². The van der Waals surface area contributed by atoms with E-state index in [1.165, 1.54) is 36.3 Å². The van der Waals surface area contributed by atoms with Gasteiger partial charge in [-0.3, -0.25) is 13.9 Å². The van der Waals surface area contributed by atoms with E-state index in [1.807, 2.05) is 37.3 Å². The quantitative estimate of drug-likeness (QED) is 0.347. The minimum atomic E-state index is -3.95. The molecule has 0 fully saturated rings. The number of carbonyl (C=O) groups is 2. The lowest BCUT2D eigenvalue weighted by Crippen LogP contribution is -2.53. The number of sulfonamides is 1. The summed E-state index contributed by atoms with van der Waals surface area (Å²) in [6.45, 7) is 1.46. The minimum absolute atomic E-state index is 0.157. The lowest BCUT2D eigenvalue weighted by Gasteiger charge is -2.33. The standard InChI is InChI=1S/C29H34FN3O5S/c1-4-18-31-29(35)26(19-22-12-6-5-7-13-22)32(20-23-14-8-9-15-24(23)30)28(34)21-33(39(3,36)37)25-16-10-11-17-27(25)38-2/h5-17,26H,4,18-21H2,1-3H3,(H,31,35)/t26-/m1/s1. The van der Waals surface area contributed by atoms with Crippen LogP contribution in [0, 0.1) is 5.82 Å². The van der Waals surface area contributed by atoms with Crippen LogP contribution in [0.5, 0.6) is 5.75 Å². The third-order valence-electron chi connectivity index (χ3n) is 6.15. The number of hydrogen-bond acceptors (Lipinski definition) is 5. The Morgan fingerprint density at radius 2 is 1.62 bits per heavy atom. The number of methoxy groups -OCH3 is 1. The molecule has 39 heavy (non-hydrogen) atoms. The number of benzene rings is 3. The van der Waals surface area contributed by atoms with Crippen molar-refractivity contribution in [3.05, 3.63) is 95.8 Å². The summed E-state index contributed by atoms with van der Waals surface area (Å²) in [4.78, 5) is 28.7. The highest BCUT2D eigenvalue weighted by atomic mass is 32.2. The maximum absolute atomic E-state index is 14.8. The average Bonchev–Trinajstić information content (AvgIpc) is 2.93. The van der Waals surface area contributed by atoms with E-state index in [0.717, 1.165) is 16.1 Å². The maximum Gasteiger partial charge on any atom is 0.244 e. The molecule has 0 radical (unpaired) electrons. The Bertz CT molecular complexity index is 1370. The molecule has 2 amide bonds. The van der Waals surface area contributed by atoms with E-state index in [4.69, 9.17) is 4.74 Å². The molecule has 0 aliphatic carbocycles. The number of para-hydroxylation sites is 2. The van der Waals surface area contributed by atoms with Gasteiger partial charge in [0.1, 0.15) is 24.2 Å². The van der Waals surface area contributed by atoms with Crippen LogP contribution in [0.25, 0.3) is 0 Å². The molecule has 3 rings (SSSR count). The molecule has 0 unspecified atom stereocenters. The second-order valence-corrected chi connectivity index (χ2v) is 11.0. The van der Waals surface area contributed by atoms with Gasteiger partial charge in [0.25, 0.3) is 0 Å². The van der Waals surface area contributed by atoms with Gasteiger partial charge in [0.15, 0.2) is 0 Å². The number of anilines is 1. The maximum atomic E-state index is 14.8. The van der Waals surface area contributed by atoms with Crippen LogP contribution in [-0.4, -0.2) is 57.6 Å². The first-order valence-corrected chi connectivity index (χ1v) is 14.5.